The van der Waals surface area contributed by atoms with Gasteiger partial charge in [0.2, 0.25) is 11.8 Å². The summed E-state index contributed by atoms with van der Waals surface area (Å²) in [5, 5.41) is 2.93. The lowest BCUT2D eigenvalue weighted by molar-refractivity contribution is -0.164. The minimum Gasteiger partial charge on any atom is -0.342 e. The molecule has 19 heavy (non-hydrogen) atoms. The van der Waals surface area contributed by atoms with Gasteiger partial charge in [0.1, 0.15) is 12.1 Å². The molecule has 4 heteroatoms. The molecule has 2 amide bonds. The standard InChI is InChI=1S/C15H26N2O2/c1-6-10-12(18)16-11(14(2,3)4)13(19)17(10)15(5)8-7-9-15/h10-11H,6-9H2,1-5H3,(H,16,18). The number of hydrogen-bond acceptors (Lipinski definition) is 2. The molecule has 1 saturated carbocycles. The Labute approximate surface area is 115 Å². The molecule has 1 heterocycles. The van der Waals surface area contributed by atoms with Crippen molar-refractivity contribution in [2.45, 2.75) is 77.9 Å². The van der Waals surface area contributed by atoms with Crippen LogP contribution < -0.4 is 5.32 Å². The van der Waals surface area contributed by atoms with E-state index in [1.54, 1.807) is 0 Å². The Balaban J connectivity index is 2.35. The Morgan fingerprint density at radius 1 is 1.32 bits per heavy atom. The van der Waals surface area contributed by atoms with E-state index in [-0.39, 0.29) is 28.8 Å². The molecular weight excluding hydrogens is 240 g/mol. The normalized spacial score (nSPS) is 30.9. The molecule has 1 aliphatic carbocycles. The second-order valence-corrected chi connectivity index (χ2v) is 7.29. The topological polar surface area (TPSA) is 49.4 Å². The summed E-state index contributed by atoms with van der Waals surface area (Å²) in [7, 11) is 0. The van der Waals surface area contributed by atoms with Gasteiger partial charge in [-0.2, -0.15) is 0 Å². The minimum atomic E-state index is -0.403. The second-order valence-electron chi connectivity index (χ2n) is 7.29. The zero-order valence-corrected chi connectivity index (χ0v) is 12.7. The lowest BCUT2D eigenvalue weighted by Gasteiger charge is -2.55. The van der Waals surface area contributed by atoms with Crippen molar-refractivity contribution in [2.75, 3.05) is 0 Å². The van der Waals surface area contributed by atoms with E-state index in [4.69, 9.17) is 0 Å². The van der Waals surface area contributed by atoms with Gasteiger partial charge >= 0.3 is 0 Å². The maximum atomic E-state index is 12.8. The first kappa shape index (κ1) is 14.4. The predicted octanol–water partition coefficient (Wildman–Crippen LogP) is 2.08. The van der Waals surface area contributed by atoms with Crippen molar-refractivity contribution in [1.82, 2.24) is 10.2 Å². The monoisotopic (exact) mass is 266 g/mol. The molecule has 0 bridgehead atoms. The zero-order valence-electron chi connectivity index (χ0n) is 12.7. The summed E-state index contributed by atoms with van der Waals surface area (Å²) >= 11 is 0. The van der Waals surface area contributed by atoms with Crippen LogP contribution in [0.25, 0.3) is 0 Å². The van der Waals surface area contributed by atoms with Gasteiger partial charge in [-0.25, -0.2) is 0 Å². The summed E-state index contributed by atoms with van der Waals surface area (Å²) in [6, 6.07) is -0.698. The van der Waals surface area contributed by atoms with Crippen molar-refractivity contribution in [3.8, 4) is 0 Å². The first-order valence-corrected chi connectivity index (χ1v) is 7.34. The number of carbonyl (C=O) groups is 2. The average Bonchev–Trinajstić information content (AvgIpc) is 2.26. The maximum absolute atomic E-state index is 12.8. The Morgan fingerprint density at radius 3 is 2.26 bits per heavy atom. The van der Waals surface area contributed by atoms with Gasteiger partial charge in [-0.15, -0.1) is 0 Å². The summed E-state index contributed by atoms with van der Waals surface area (Å²) < 4.78 is 0. The molecule has 0 aromatic carbocycles. The fraction of sp³-hybridized carbons (Fsp3) is 0.867. The van der Waals surface area contributed by atoms with Crippen LogP contribution in [-0.4, -0.2) is 34.3 Å². The second kappa shape index (κ2) is 4.50. The van der Waals surface area contributed by atoms with Crippen molar-refractivity contribution in [3.05, 3.63) is 0 Å². The van der Waals surface area contributed by atoms with E-state index in [0.717, 1.165) is 19.3 Å². The van der Waals surface area contributed by atoms with Crippen LogP contribution in [0.1, 0.15) is 60.3 Å². The summed E-state index contributed by atoms with van der Waals surface area (Å²) in [4.78, 5) is 27.1. The quantitative estimate of drug-likeness (QED) is 0.832. The summed E-state index contributed by atoms with van der Waals surface area (Å²) in [6.07, 6.45) is 3.86. The van der Waals surface area contributed by atoms with E-state index in [1.165, 1.54) is 0 Å². The zero-order chi connectivity index (χ0) is 14.4. The lowest BCUT2D eigenvalue weighted by Crippen LogP contribution is -2.72. The molecule has 0 spiro atoms. The third-order valence-corrected chi connectivity index (χ3v) is 4.65. The number of amides is 2. The molecule has 1 saturated heterocycles. The minimum absolute atomic E-state index is 0.00940. The Kier molecular flexibility index (Phi) is 3.40. The number of carbonyl (C=O) groups excluding carboxylic acids is 2. The number of hydrogen-bond donors (Lipinski definition) is 1. The van der Waals surface area contributed by atoms with Gasteiger partial charge in [-0.1, -0.05) is 27.7 Å². The molecule has 4 nitrogen and oxygen atoms in total. The fourth-order valence-electron chi connectivity index (χ4n) is 3.24. The van der Waals surface area contributed by atoms with Gasteiger partial charge in [-0.3, -0.25) is 9.59 Å². The van der Waals surface area contributed by atoms with Gasteiger partial charge in [0.05, 0.1) is 0 Å². The first-order chi connectivity index (χ1) is 8.70. The highest BCUT2D eigenvalue weighted by atomic mass is 16.2. The van der Waals surface area contributed by atoms with Crippen LogP contribution in [0.4, 0.5) is 0 Å². The van der Waals surface area contributed by atoms with Crippen LogP contribution in [0.2, 0.25) is 0 Å². The molecule has 0 aromatic heterocycles. The molecule has 1 N–H and O–H groups in total. The fourth-order valence-corrected chi connectivity index (χ4v) is 3.24. The molecule has 2 fully saturated rings. The average molecular weight is 266 g/mol. The SMILES string of the molecule is CCC1C(=O)NC(C(C)(C)C)C(=O)N1C1(C)CCC1. The van der Waals surface area contributed by atoms with Crippen LogP contribution in [0, 0.1) is 5.41 Å². The Hall–Kier alpha value is -1.06. The molecule has 0 aromatic rings. The number of nitrogens with zero attached hydrogens (tertiary/aromatic N) is 1. The van der Waals surface area contributed by atoms with Crippen LogP contribution in [0.5, 0.6) is 0 Å². The van der Waals surface area contributed by atoms with Gasteiger partial charge in [0, 0.05) is 5.54 Å². The molecule has 2 aliphatic rings. The highest BCUT2D eigenvalue weighted by Crippen LogP contribution is 2.41. The predicted molar refractivity (Wildman–Crippen MR) is 74.6 cm³/mol. The van der Waals surface area contributed by atoms with Crippen LogP contribution in [0.3, 0.4) is 0 Å². The number of nitrogens with one attached hydrogen (secondary N) is 1. The van der Waals surface area contributed by atoms with E-state index in [9.17, 15) is 9.59 Å². The maximum Gasteiger partial charge on any atom is 0.246 e. The van der Waals surface area contributed by atoms with Crippen molar-refractivity contribution >= 4 is 11.8 Å². The van der Waals surface area contributed by atoms with E-state index in [1.807, 2.05) is 32.6 Å². The highest BCUT2D eigenvalue weighted by Gasteiger charge is 2.52. The van der Waals surface area contributed by atoms with Crippen molar-refractivity contribution < 1.29 is 9.59 Å². The molecule has 0 radical (unpaired) electrons. The third-order valence-electron chi connectivity index (χ3n) is 4.65. The highest BCUT2D eigenvalue weighted by molar-refractivity contribution is 5.98. The van der Waals surface area contributed by atoms with Gasteiger partial charge in [0.25, 0.3) is 0 Å². The van der Waals surface area contributed by atoms with Crippen molar-refractivity contribution in [3.63, 3.8) is 0 Å². The Morgan fingerprint density at radius 2 is 1.89 bits per heavy atom. The van der Waals surface area contributed by atoms with E-state index in [0.29, 0.717) is 6.42 Å². The van der Waals surface area contributed by atoms with Gasteiger partial charge in [0.15, 0.2) is 0 Å². The lowest BCUT2D eigenvalue weighted by atomic mass is 9.73. The molecule has 1 aliphatic heterocycles. The third kappa shape index (κ3) is 2.26. The van der Waals surface area contributed by atoms with E-state index < -0.39 is 6.04 Å². The largest absolute Gasteiger partial charge is 0.342 e. The molecule has 2 atom stereocenters. The summed E-state index contributed by atoms with van der Waals surface area (Å²) in [5.74, 6) is 0.108. The van der Waals surface area contributed by atoms with Crippen molar-refractivity contribution in [1.29, 1.82) is 0 Å². The van der Waals surface area contributed by atoms with Crippen LogP contribution in [-0.2, 0) is 9.59 Å². The molecular formula is C15H26N2O2. The van der Waals surface area contributed by atoms with Crippen LogP contribution >= 0.6 is 0 Å². The first-order valence-electron chi connectivity index (χ1n) is 7.34. The van der Waals surface area contributed by atoms with Gasteiger partial charge < -0.3 is 10.2 Å². The summed E-state index contributed by atoms with van der Waals surface area (Å²) in [6.45, 7) is 10.1. The van der Waals surface area contributed by atoms with E-state index in [2.05, 4.69) is 12.2 Å². The smallest absolute Gasteiger partial charge is 0.246 e. The summed E-state index contributed by atoms with van der Waals surface area (Å²) in [5.41, 5.74) is -0.358. The molecule has 2 rings (SSSR count). The van der Waals surface area contributed by atoms with E-state index >= 15 is 0 Å². The molecule has 108 valence electrons. The van der Waals surface area contributed by atoms with Crippen LogP contribution in [0.15, 0.2) is 0 Å². The molecule has 2 unspecified atom stereocenters. The van der Waals surface area contributed by atoms with Gasteiger partial charge in [-0.05, 0) is 38.0 Å². The Bertz CT molecular complexity index is 393. The van der Waals surface area contributed by atoms with Crippen molar-refractivity contribution in [2.24, 2.45) is 5.41 Å². The number of piperazine rings is 1. The number of rotatable bonds is 2.